The maximum atomic E-state index is 13.1. The Balaban J connectivity index is 1.27. The van der Waals surface area contributed by atoms with Crippen LogP contribution in [0.3, 0.4) is 0 Å². The Morgan fingerprint density at radius 3 is 2.42 bits per heavy atom. The van der Waals surface area contributed by atoms with Crippen LogP contribution in [0.4, 0.5) is 11.9 Å². The van der Waals surface area contributed by atoms with Crippen LogP contribution in [0.1, 0.15) is 55.5 Å². The molecule has 0 bridgehead atoms. The number of carbonyl (C=O) groups excluding carboxylic acids is 1. The van der Waals surface area contributed by atoms with E-state index in [1.807, 2.05) is 49.1 Å². The van der Waals surface area contributed by atoms with Gasteiger partial charge in [-0.05, 0) is 68.8 Å². The van der Waals surface area contributed by atoms with E-state index in [1.54, 1.807) is 19.2 Å². The fourth-order valence-corrected chi connectivity index (χ4v) is 6.47. The predicted molar refractivity (Wildman–Crippen MR) is 172 cm³/mol. The molecule has 1 saturated carbocycles. The van der Waals surface area contributed by atoms with E-state index >= 15 is 0 Å². The molecule has 43 heavy (non-hydrogen) atoms. The zero-order valence-electron chi connectivity index (χ0n) is 24.9. The van der Waals surface area contributed by atoms with E-state index in [0.717, 1.165) is 38.8 Å². The summed E-state index contributed by atoms with van der Waals surface area (Å²) in [5.74, 6) is 1.29. The average molecular weight is 629 g/mol. The van der Waals surface area contributed by atoms with Crippen molar-refractivity contribution in [3.8, 4) is 5.75 Å². The summed E-state index contributed by atoms with van der Waals surface area (Å²) in [5, 5.41) is 6.41. The highest BCUT2D eigenvalue weighted by molar-refractivity contribution is 7.81. The molecular formula is C30H41ClN8O3S. The van der Waals surface area contributed by atoms with Crippen LogP contribution in [-0.2, 0) is 16.6 Å². The summed E-state index contributed by atoms with van der Waals surface area (Å²) < 4.78 is 24.4. The molecule has 0 aliphatic heterocycles. The van der Waals surface area contributed by atoms with Gasteiger partial charge >= 0.3 is 0 Å². The molecule has 4 rings (SSSR count). The number of benzene rings is 2. The number of methoxy groups -OCH3 is 1. The standard InChI is InChI=1S/C30H41ClN8O3S/c1-4-39(5-2)29-36-27(31)35-28(37-29)32-19-20-34-43(41)38-23-15-17-30(18-16-23,22-11-7-6-8-12-22)21-33-26(40)24-13-9-10-14-25(24)42-3/h6-14,23,34,38H,4-5,15-21H2,1-3H3,(H,33,40)(H,32,35,36,37). The topological polar surface area (TPSA) is 133 Å². The number of hydrogen-bond acceptors (Lipinski definition) is 8. The van der Waals surface area contributed by atoms with Gasteiger partial charge in [0, 0.05) is 44.2 Å². The molecule has 4 N–H and O–H groups in total. The van der Waals surface area contributed by atoms with E-state index in [2.05, 4.69) is 47.2 Å². The first-order valence-electron chi connectivity index (χ1n) is 14.7. The molecule has 0 saturated heterocycles. The van der Waals surface area contributed by atoms with E-state index in [4.69, 9.17) is 16.3 Å². The third-order valence-corrected chi connectivity index (χ3v) is 9.01. The summed E-state index contributed by atoms with van der Waals surface area (Å²) in [6, 6.07) is 17.6. The van der Waals surface area contributed by atoms with Gasteiger partial charge in [0.05, 0.1) is 12.7 Å². The Morgan fingerprint density at radius 2 is 1.72 bits per heavy atom. The van der Waals surface area contributed by atoms with Crippen molar-refractivity contribution < 1.29 is 13.7 Å². The lowest BCUT2D eigenvalue weighted by Gasteiger charge is -2.41. The van der Waals surface area contributed by atoms with Crippen molar-refractivity contribution in [1.82, 2.24) is 29.7 Å². The molecule has 2 aromatic carbocycles. The fraction of sp³-hybridized carbons (Fsp3) is 0.467. The van der Waals surface area contributed by atoms with Crippen LogP contribution in [0.15, 0.2) is 54.6 Å². The first kappa shape index (κ1) is 32.6. The molecule has 1 unspecified atom stereocenters. The molecule has 1 aliphatic rings. The zero-order valence-corrected chi connectivity index (χ0v) is 26.5. The second kappa shape index (κ2) is 15.9. The quantitative estimate of drug-likeness (QED) is 0.187. The Labute approximate surface area is 261 Å². The molecule has 1 amide bonds. The monoisotopic (exact) mass is 628 g/mol. The summed E-state index contributed by atoms with van der Waals surface area (Å²) in [6.07, 6.45) is 3.33. The number of nitrogens with zero attached hydrogens (tertiary/aromatic N) is 4. The lowest BCUT2D eigenvalue weighted by molar-refractivity contribution is 0.0932. The summed E-state index contributed by atoms with van der Waals surface area (Å²) >= 11 is 4.67. The average Bonchev–Trinajstić information content (AvgIpc) is 3.03. The third kappa shape index (κ3) is 8.85. The highest BCUT2D eigenvalue weighted by Crippen LogP contribution is 2.39. The van der Waals surface area contributed by atoms with Crippen LogP contribution in [0.25, 0.3) is 0 Å². The number of para-hydroxylation sites is 1. The zero-order chi connectivity index (χ0) is 30.7. The van der Waals surface area contributed by atoms with E-state index in [1.165, 1.54) is 5.56 Å². The highest BCUT2D eigenvalue weighted by Gasteiger charge is 2.37. The molecule has 11 nitrogen and oxygen atoms in total. The smallest absolute Gasteiger partial charge is 0.255 e. The SMILES string of the molecule is CCN(CC)c1nc(Cl)nc(NCCNS(=O)NC2CCC(CNC(=O)c3ccccc3OC)(c3ccccc3)CC2)n1. The van der Waals surface area contributed by atoms with Crippen LogP contribution in [-0.4, -0.2) is 70.9 Å². The van der Waals surface area contributed by atoms with Crippen molar-refractivity contribution in [3.05, 3.63) is 71.0 Å². The number of halogens is 1. The number of nitrogens with one attached hydrogen (secondary N) is 4. The molecule has 0 radical (unpaired) electrons. The Hall–Kier alpha value is -3.32. The number of ether oxygens (including phenoxy) is 1. The van der Waals surface area contributed by atoms with Gasteiger partial charge in [0.1, 0.15) is 5.75 Å². The van der Waals surface area contributed by atoms with E-state index in [0.29, 0.717) is 42.8 Å². The van der Waals surface area contributed by atoms with Gasteiger partial charge in [-0.25, -0.2) is 13.7 Å². The van der Waals surface area contributed by atoms with E-state index < -0.39 is 11.2 Å². The summed E-state index contributed by atoms with van der Waals surface area (Å²) in [5.41, 5.74) is 1.50. The minimum Gasteiger partial charge on any atom is -0.496 e. The van der Waals surface area contributed by atoms with Gasteiger partial charge < -0.3 is 20.3 Å². The number of anilines is 2. The number of hydrogen-bond donors (Lipinski definition) is 4. The van der Waals surface area contributed by atoms with Gasteiger partial charge in [-0.15, -0.1) is 0 Å². The minimum atomic E-state index is -1.41. The van der Waals surface area contributed by atoms with Crippen LogP contribution in [0, 0.1) is 0 Å². The van der Waals surface area contributed by atoms with Gasteiger partial charge in [0.15, 0.2) is 11.2 Å². The van der Waals surface area contributed by atoms with Crippen molar-refractivity contribution in [2.45, 2.75) is 51.0 Å². The van der Waals surface area contributed by atoms with Crippen molar-refractivity contribution in [2.75, 3.05) is 50.1 Å². The highest BCUT2D eigenvalue weighted by atomic mass is 35.5. The largest absolute Gasteiger partial charge is 0.496 e. The molecule has 3 aromatic rings. The van der Waals surface area contributed by atoms with Crippen LogP contribution < -0.4 is 29.7 Å². The van der Waals surface area contributed by atoms with Crippen LogP contribution in [0.2, 0.25) is 5.28 Å². The molecule has 13 heteroatoms. The van der Waals surface area contributed by atoms with E-state index in [9.17, 15) is 9.00 Å². The molecule has 0 spiro atoms. The fourth-order valence-electron chi connectivity index (χ4n) is 5.40. The molecule has 1 aliphatic carbocycles. The number of aromatic nitrogens is 3. The van der Waals surface area contributed by atoms with Crippen molar-refractivity contribution >= 4 is 40.6 Å². The second-order valence-corrected chi connectivity index (χ2v) is 11.8. The number of rotatable bonds is 15. The van der Waals surface area contributed by atoms with Crippen molar-refractivity contribution in [3.63, 3.8) is 0 Å². The summed E-state index contributed by atoms with van der Waals surface area (Å²) in [6.45, 7) is 6.95. The maximum absolute atomic E-state index is 13.1. The van der Waals surface area contributed by atoms with Gasteiger partial charge in [-0.3, -0.25) is 4.79 Å². The Bertz CT molecular complexity index is 1350. The Morgan fingerprint density at radius 1 is 1.02 bits per heavy atom. The molecular weight excluding hydrogens is 588 g/mol. The second-order valence-electron chi connectivity index (χ2n) is 10.4. The summed E-state index contributed by atoms with van der Waals surface area (Å²) in [4.78, 5) is 27.8. The number of carbonyl (C=O) groups is 1. The lowest BCUT2D eigenvalue weighted by Crippen LogP contribution is -2.48. The molecule has 1 fully saturated rings. The lowest BCUT2D eigenvalue weighted by atomic mass is 9.68. The first-order valence-corrected chi connectivity index (χ1v) is 16.2. The maximum Gasteiger partial charge on any atom is 0.255 e. The molecule has 232 valence electrons. The Kier molecular flexibility index (Phi) is 12.1. The van der Waals surface area contributed by atoms with Gasteiger partial charge in [-0.1, -0.05) is 42.5 Å². The van der Waals surface area contributed by atoms with E-state index in [-0.39, 0.29) is 22.6 Å². The predicted octanol–water partition coefficient (Wildman–Crippen LogP) is 3.86. The minimum absolute atomic E-state index is 0.0852. The van der Waals surface area contributed by atoms with Crippen molar-refractivity contribution in [1.29, 1.82) is 0 Å². The third-order valence-electron chi connectivity index (χ3n) is 7.83. The molecule has 1 aromatic heterocycles. The number of amides is 1. The van der Waals surface area contributed by atoms with Crippen molar-refractivity contribution in [2.24, 2.45) is 0 Å². The normalized spacial score (nSPS) is 18.9. The van der Waals surface area contributed by atoms with Crippen LogP contribution in [0.5, 0.6) is 5.75 Å². The molecule has 1 atom stereocenters. The van der Waals surface area contributed by atoms with Gasteiger partial charge in [0.2, 0.25) is 17.2 Å². The summed E-state index contributed by atoms with van der Waals surface area (Å²) in [7, 11) is 1.57. The van der Waals surface area contributed by atoms with Crippen LogP contribution >= 0.6 is 11.6 Å². The van der Waals surface area contributed by atoms with Gasteiger partial charge in [0.25, 0.3) is 5.91 Å². The van der Waals surface area contributed by atoms with Gasteiger partial charge in [-0.2, -0.15) is 15.0 Å². The molecule has 1 heterocycles. The first-order chi connectivity index (χ1) is 20.9.